The Balaban J connectivity index is 2.25. The van der Waals surface area contributed by atoms with E-state index in [2.05, 4.69) is 25.1 Å². The van der Waals surface area contributed by atoms with Crippen LogP contribution in [0.15, 0.2) is 18.2 Å². The topological polar surface area (TPSA) is 131 Å². The van der Waals surface area contributed by atoms with Crippen LogP contribution in [0.2, 0.25) is 0 Å². The maximum atomic E-state index is 12.4. The zero-order chi connectivity index (χ0) is 20.0. The van der Waals surface area contributed by atoms with E-state index < -0.39 is 24.4 Å². The summed E-state index contributed by atoms with van der Waals surface area (Å²) in [7, 11) is 5.21. The molecule has 0 fully saturated rings. The van der Waals surface area contributed by atoms with Gasteiger partial charge in [-0.3, -0.25) is 4.79 Å². The first-order chi connectivity index (χ1) is 12.9. The van der Waals surface area contributed by atoms with Gasteiger partial charge in [0, 0.05) is 6.07 Å². The molecule has 1 aromatic carbocycles. The first-order valence-corrected chi connectivity index (χ1v) is 7.57. The van der Waals surface area contributed by atoms with Crippen LogP contribution in [0.4, 0.5) is 5.69 Å². The summed E-state index contributed by atoms with van der Waals surface area (Å²) in [6.07, 6.45) is 0. The van der Waals surface area contributed by atoms with E-state index in [1.165, 1.54) is 14.2 Å². The number of rotatable bonds is 7. The predicted molar refractivity (Wildman–Crippen MR) is 90.9 cm³/mol. The molecule has 1 heterocycles. The first kappa shape index (κ1) is 19.7. The van der Waals surface area contributed by atoms with E-state index in [1.807, 2.05) is 0 Å². The van der Waals surface area contributed by atoms with Gasteiger partial charge >= 0.3 is 11.9 Å². The van der Waals surface area contributed by atoms with Crippen molar-refractivity contribution in [3.05, 3.63) is 29.6 Å². The highest BCUT2D eigenvalue weighted by Gasteiger charge is 2.27. The van der Waals surface area contributed by atoms with E-state index in [0.717, 1.165) is 18.9 Å². The fourth-order valence-electron chi connectivity index (χ4n) is 2.18. The second-order valence-corrected chi connectivity index (χ2v) is 5.04. The highest BCUT2D eigenvalue weighted by Crippen LogP contribution is 2.29. The quantitative estimate of drug-likeness (QED) is 0.684. The maximum Gasteiger partial charge on any atom is 0.361 e. The molecule has 11 nitrogen and oxygen atoms in total. The van der Waals surface area contributed by atoms with Crippen LogP contribution in [0.25, 0.3) is 0 Å². The predicted octanol–water partition coefficient (Wildman–Crippen LogP) is 0.507. The number of carbonyl (C=O) groups is 3. The fraction of sp³-hybridized carbons (Fsp3) is 0.312. The fourth-order valence-corrected chi connectivity index (χ4v) is 2.18. The SMILES string of the molecule is COC(=O)c1nnn(CC(=O)Nc2ccc(OC)cc2OC)c1C(=O)OC. The summed E-state index contributed by atoms with van der Waals surface area (Å²) < 4.78 is 20.4. The standard InChI is InChI=1S/C16H18N4O7/c1-24-9-5-6-10(11(7-9)25-2)17-12(21)8-20-14(16(23)27-4)13(18-19-20)15(22)26-3/h5-7H,8H2,1-4H3,(H,17,21). The average molecular weight is 378 g/mol. The lowest BCUT2D eigenvalue weighted by molar-refractivity contribution is -0.117. The molecular weight excluding hydrogens is 360 g/mol. The average Bonchev–Trinajstić information content (AvgIpc) is 3.10. The lowest BCUT2D eigenvalue weighted by Crippen LogP contribution is -2.24. The molecule has 2 aromatic rings. The van der Waals surface area contributed by atoms with Gasteiger partial charge in [-0.25, -0.2) is 14.3 Å². The molecule has 0 aliphatic rings. The number of nitrogens with one attached hydrogen (secondary N) is 1. The number of aromatic nitrogens is 3. The summed E-state index contributed by atoms with van der Waals surface area (Å²) in [6.45, 7) is -0.399. The normalized spacial score (nSPS) is 10.1. The van der Waals surface area contributed by atoms with E-state index in [1.54, 1.807) is 18.2 Å². The minimum atomic E-state index is -0.879. The molecule has 1 N–H and O–H groups in total. The second kappa shape index (κ2) is 8.65. The van der Waals surface area contributed by atoms with Gasteiger partial charge in [0.25, 0.3) is 0 Å². The van der Waals surface area contributed by atoms with Crippen LogP contribution in [0.5, 0.6) is 11.5 Å². The van der Waals surface area contributed by atoms with Crippen LogP contribution in [-0.2, 0) is 20.8 Å². The Kier molecular flexibility index (Phi) is 6.31. The van der Waals surface area contributed by atoms with Gasteiger partial charge in [0.2, 0.25) is 11.6 Å². The van der Waals surface area contributed by atoms with Crippen molar-refractivity contribution in [1.82, 2.24) is 15.0 Å². The molecule has 0 saturated carbocycles. The van der Waals surface area contributed by atoms with Crippen LogP contribution in [0.3, 0.4) is 0 Å². The van der Waals surface area contributed by atoms with Gasteiger partial charge in [-0.05, 0) is 12.1 Å². The van der Waals surface area contributed by atoms with Gasteiger partial charge in [-0.15, -0.1) is 5.10 Å². The van der Waals surface area contributed by atoms with Crippen molar-refractivity contribution in [1.29, 1.82) is 0 Å². The Bertz CT molecular complexity index is 862. The Morgan fingerprint density at radius 2 is 1.74 bits per heavy atom. The zero-order valence-electron chi connectivity index (χ0n) is 15.1. The number of hydrogen-bond donors (Lipinski definition) is 1. The number of amides is 1. The smallest absolute Gasteiger partial charge is 0.361 e. The number of carbonyl (C=O) groups excluding carboxylic acids is 3. The molecule has 0 unspecified atom stereocenters. The molecule has 0 aliphatic heterocycles. The number of ether oxygens (including phenoxy) is 4. The van der Waals surface area contributed by atoms with Crippen LogP contribution < -0.4 is 14.8 Å². The third-order valence-corrected chi connectivity index (χ3v) is 3.47. The second-order valence-electron chi connectivity index (χ2n) is 5.04. The Morgan fingerprint density at radius 1 is 1.04 bits per heavy atom. The van der Waals surface area contributed by atoms with Gasteiger partial charge in [-0.2, -0.15) is 0 Å². The third-order valence-electron chi connectivity index (χ3n) is 3.47. The molecule has 0 bridgehead atoms. The molecule has 2 rings (SSSR count). The molecule has 144 valence electrons. The summed E-state index contributed by atoms with van der Waals surface area (Å²) in [4.78, 5) is 36.0. The van der Waals surface area contributed by atoms with Gasteiger partial charge in [0.15, 0.2) is 5.69 Å². The van der Waals surface area contributed by atoms with Crippen LogP contribution in [-0.4, -0.2) is 61.3 Å². The Morgan fingerprint density at radius 3 is 2.33 bits per heavy atom. The van der Waals surface area contributed by atoms with E-state index >= 15 is 0 Å². The molecule has 0 atom stereocenters. The molecule has 27 heavy (non-hydrogen) atoms. The third kappa shape index (κ3) is 4.32. The molecule has 0 saturated heterocycles. The molecule has 0 aliphatic carbocycles. The van der Waals surface area contributed by atoms with E-state index in [4.69, 9.17) is 9.47 Å². The number of methoxy groups -OCH3 is 4. The summed E-state index contributed by atoms with van der Waals surface area (Å²) in [5, 5.41) is 9.87. The van der Waals surface area contributed by atoms with Crippen molar-refractivity contribution in [2.45, 2.75) is 6.54 Å². The minimum Gasteiger partial charge on any atom is -0.497 e. The van der Waals surface area contributed by atoms with Crippen LogP contribution in [0, 0.1) is 0 Å². The summed E-state index contributed by atoms with van der Waals surface area (Å²) in [5.74, 6) is -1.36. The van der Waals surface area contributed by atoms with Crippen molar-refractivity contribution < 1.29 is 33.3 Å². The lowest BCUT2D eigenvalue weighted by atomic mass is 10.2. The number of nitrogens with zero attached hydrogens (tertiary/aromatic N) is 3. The number of anilines is 1. The number of hydrogen-bond acceptors (Lipinski definition) is 9. The van der Waals surface area contributed by atoms with Crippen LogP contribution in [0.1, 0.15) is 21.0 Å². The Hall–Kier alpha value is -3.63. The van der Waals surface area contributed by atoms with E-state index in [-0.39, 0.29) is 11.4 Å². The summed E-state index contributed by atoms with van der Waals surface area (Å²) in [5.41, 5.74) is -0.253. The first-order valence-electron chi connectivity index (χ1n) is 7.57. The van der Waals surface area contributed by atoms with Gasteiger partial charge in [-0.1, -0.05) is 5.21 Å². The van der Waals surface area contributed by atoms with Crippen LogP contribution >= 0.6 is 0 Å². The molecule has 1 amide bonds. The molecular formula is C16H18N4O7. The lowest BCUT2D eigenvalue weighted by Gasteiger charge is -2.12. The summed E-state index contributed by atoms with van der Waals surface area (Å²) >= 11 is 0. The van der Waals surface area contributed by atoms with E-state index in [9.17, 15) is 14.4 Å². The minimum absolute atomic E-state index is 0.291. The van der Waals surface area contributed by atoms with E-state index in [0.29, 0.717) is 17.2 Å². The molecule has 0 radical (unpaired) electrons. The van der Waals surface area contributed by atoms with Crippen molar-refractivity contribution in [2.75, 3.05) is 33.8 Å². The van der Waals surface area contributed by atoms with Crippen molar-refractivity contribution >= 4 is 23.5 Å². The summed E-state index contributed by atoms with van der Waals surface area (Å²) in [6, 6.07) is 4.83. The maximum absolute atomic E-state index is 12.4. The van der Waals surface area contributed by atoms with Gasteiger partial charge < -0.3 is 24.3 Å². The van der Waals surface area contributed by atoms with Gasteiger partial charge in [0.05, 0.1) is 34.1 Å². The number of benzene rings is 1. The number of esters is 2. The molecule has 1 aromatic heterocycles. The molecule has 0 spiro atoms. The van der Waals surface area contributed by atoms with Crippen molar-refractivity contribution in [2.24, 2.45) is 0 Å². The van der Waals surface area contributed by atoms with Crippen molar-refractivity contribution in [3.63, 3.8) is 0 Å². The highest BCUT2D eigenvalue weighted by molar-refractivity contribution is 6.01. The largest absolute Gasteiger partial charge is 0.497 e. The van der Waals surface area contributed by atoms with Crippen molar-refractivity contribution in [3.8, 4) is 11.5 Å². The van der Waals surface area contributed by atoms with Gasteiger partial charge in [0.1, 0.15) is 18.0 Å². The highest BCUT2D eigenvalue weighted by atomic mass is 16.5. The monoisotopic (exact) mass is 378 g/mol. The molecule has 11 heteroatoms. The zero-order valence-corrected chi connectivity index (χ0v) is 15.1. The Labute approximate surface area is 154 Å².